The number of rotatable bonds is 5. The summed E-state index contributed by atoms with van der Waals surface area (Å²) in [4.78, 5) is 27.0. The maximum atomic E-state index is 12.6. The molecule has 2 atom stereocenters. The summed E-state index contributed by atoms with van der Waals surface area (Å²) in [6.45, 7) is 4.46. The van der Waals surface area contributed by atoms with Gasteiger partial charge in [-0.2, -0.15) is 0 Å². The minimum atomic E-state index is -0.387. The first-order valence-electron chi connectivity index (χ1n) is 7.29. The first kappa shape index (κ1) is 16.0. The molecular weight excluding hydrogens is 288 g/mol. The fraction of sp³-hybridized carbons (Fsp3) is 0.600. The van der Waals surface area contributed by atoms with E-state index < -0.39 is 0 Å². The molecule has 1 saturated heterocycles. The lowest BCUT2D eigenvalue weighted by Crippen LogP contribution is -2.36. The third kappa shape index (κ3) is 4.28. The van der Waals surface area contributed by atoms with E-state index in [1.165, 1.54) is 18.3 Å². The average Bonchev–Trinajstić information content (AvgIpc) is 3.03. The molecule has 1 aromatic heterocycles. The number of hydrogen-bond donors (Lipinski definition) is 2. The Morgan fingerprint density at radius 1 is 1.52 bits per heavy atom. The third-order valence-electron chi connectivity index (χ3n) is 3.64. The number of likely N-dealkylation sites (tertiary alicyclic amines) is 1. The van der Waals surface area contributed by atoms with Crippen molar-refractivity contribution in [3.63, 3.8) is 0 Å². The number of aliphatic hydroxyl groups is 1. The molecule has 0 saturated carbocycles. The second-order valence-corrected chi connectivity index (χ2v) is 6.72. The first-order valence-corrected chi connectivity index (χ1v) is 8.11. The summed E-state index contributed by atoms with van der Waals surface area (Å²) in [6.07, 6.45) is 2.20. The fourth-order valence-electron chi connectivity index (χ4n) is 2.68. The lowest BCUT2D eigenvalue weighted by atomic mass is 10.1. The molecule has 6 heteroatoms. The molecule has 0 radical (unpaired) electrons. The molecule has 1 fully saturated rings. The number of nitrogens with one attached hydrogen (secondary N) is 1. The zero-order valence-corrected chi connectivity index (χ0v) is 13.3. The Morgan fingerprint density at radius 3 is 2.95 bits per heavy atom. The summed E-state index contributed by atoms with van der Waals surface area (Å²) in [7, 11) is 0. The van der Waals surface area contributed by atoms with Crippen molar-refractivity contribution in [2.75, 3.05) is 6.54 Å². The van der Waals surface area contributed by atoms with Crippen LogP contribution < -0.4 is 5.32 Å². The maximum Gasteiger partial charge on any atom is 0.264 e. The normalized spacial score (nSPS) is 19.6. The Hall–Kier alpha value is -1.40. The summed E-state index contributed by atoms with van der Waals surface area (Å²) in [5.74, 6) is -0.0370. The zero-order chi connectivity index (χ0) is 15.4. The fourth-order valence-corrected chi connectivity index (χ4v) is 3.59. The molecule has 0 aromatic carbocycles. The third-order valence-corrected chi connectivity index (χ3v) is 4.71. The monoisotopic (exact) mass is 310 g/mol. The maximum absolute atomic E-state index is 12.6. The van der Waals surface area contributed by atoms with Crippen LogP contribution in [0.15, 0.2) is 12.1 Å². The molecule has 1 aliphatic heterocycles. The van der Waals surface area contributed by atoms with Crippen molar-refractivity contribution in [3.05, 3.63) is 21.9 Å². The van der Waals surface area contributed by atoms with E-state index in [1.54, 1.807) is 6.92 Å². The van der Waals surface area contributed by atoms with Crippen LogP contribution >= 0.6 is 11.3 Å². The molecule has 2 N–H and O–H groups in total. The van der Waals surface area contributed by atoms with Gasteiger partial charge in [0.1, 0.15) is 0 Å². The van der Waals surface area contributed by atoms with E-state index >= 15 is 0 Å². The van der Waals surface area contributed by atoms with Crippen molar-refractivity contribution in [1.29, 1.82) is 0 Å². The number of thiophene rings is 1. The highest BCUT2D eigenvalue weighted by Gasteiger charge is 2.30. The Bertz CT molecular complexity index is 513. The summed E-state index contributed by atoms with van der Waals surface area (Å²) < 4.78 is 0. The van der Waals surface area contributed by atoms with Crippen LogP contribution in [-0.2, 0) is 11.3 Å². The molecular formula is C15H22N2O3S. The highest BCUT2D eigenvalue weighted by molar-refractivity contribution is 7.14. The van der Waals surface area contributed by atoms with Gasteiger partial charge in [-0.3, -0.25) is 9.59 Å². The van der Waals surface area contributed by atoms with Crippen molar-refractivity contribution >= 4 is 23.2 Å². The van der Waals surface area contributed by atoms with Gasteiger partial charge in [-0.1, -0.05) is 0 Å². The molecule has 2 rings (SSSR count). The van der Waals surface area contributed by atoms with Crippen molar-refractivity contribution in [2.45, 2.75) is 51.8 Å². The van der Waals surface area contributed by atoms with Crippen molar-refractivity contribution in [1.82, 2.24) is 10.2 Å². The van der Waals surface area contributed by atoms with Crippen LogP contribution in [0.4, 0.5) is 0 Å². The highest BCUT2D eigenvalue weighted by Crippen LogP contribution is 2.26. The van der Waals surface area contributed by atoms with Gasteiger partial charge in [0.05, 0.1) is 17.5 Å². The lowest BCUT2D eigenvalue weighted by molar-refractivity contribution is -0.119. The quantitative estimate of drug-likeness (QED) is 0.870. The van der Waals surface area contributed by atoms with E-state index in [0.717, 1.165) is 24.3 Å². The predicted octanol–water partition coefficient (Wildman–Crippen LogP) is 1.76. The van der Waals surface area contributed by atoms with Gasteiger partial charge in [0.15, 0.2) is 0 Å². The van der Waals surface area contributed by atoms with Crippen LogP contribution in [0.2, 0.25) is 0 Å². The second kappa shape index (κ2) is 7.04. The Morgan fingerprint density at radius 2 is 2.29 bits per heavy atom. The molecule has 1 aliphatic rings. The number of hydrogen-bond acceptors (Lipinski definition) is 4. The van der Waals surface area contributed by atoms with E-state index in [2.05, 4.69) is 5.32 Å². The van der Waals surface area contributed by atoms with E-state index in [9.17, 15) is 14.7 Å². The molecule has 1 aromatic rings. The number of aliphatic hydroxyl groups excluding tert-OH is 1. The summed E-state index contributed by atoms with van der Waals surface area (Å²) in [5, 5.41) is 12.3. The SMILES string of the molecule is CC(=O)NCc1ccc(C(=O)N2CCCC2CC(C)O)s1. The molecule has 21 heavy (non-hydrogen) atoms. The number of nitrogens with zero attached hydrogens (tertiary/aromatic N) is 1. The Labute approximate surface area is 129 Å². The second-order valence-electron chi connectivity index (χ2n) is 5.56. The van der Waals surface area contributed by atoms with Crippen LogP contribution in [0.5, 0.6) is 0 Å². The van der Waals surface area contributed by atoms with Gasteiger partial charge >= 0.3 is 0 Å². The lowest BCUT2D eigenvalue weighted by Gasteiger charge is -2.25. The summed E-state index contributed by atoms with van der Waals surface area (Å²) in [5.41, 5.74) is 0. The van der Waals surface area contributed by atoms with Gasteiger partial charge in [-0.15, -0.1) is 11.3 Å². The van der Waals surface area contributed by atoms with Crippen LogP contribution in [-0.4, -0.2) is 40.5 Å². The van der Waals surface area contributed by atoms with Crippen molar-refractivity contribution in [3.8, 4) is 0 Å². The van der Waals surface area contributed by atoms with Crippen molar-refractivity contribution < 1.29 is 14.7 Å². The number of carbonyl (C=O) groups is 2. The first-order chi connectivity index (χ1) is 9.97. The van der Waals surface area contributed by atoms with Gasteiger partial charge in [0, 0.05) is 24.4 Å². The van der Waals surface area contributed by atoms with Crippen LogP contribution in [0, 0.1) is 0 Å². The molecule has 116 valence electrons. The summed E-state index contributed by atoms with van der Waals surface area (Å²) in [6, 6.07) is 3.84. The van der Waals surface area contributed by atoms with Crippen molar-refractivity contribution in [2.24, 2.45) is 0 Å². The molecule has 0 aliphatic carbocycles. The van der Waals surface area contributed by atoms with Gasteiger partial charge in [0.2, 0.25) is 5.91 Å². The molecule has 2 heterocycles. The molecule has 0 bridgehead atoms. The smallest absolute Gasteiger partial charge is 0.264 e. The predicted molar refractivity (Wildman–Crippen MR) is 82.2 cm³/mol. The molecule has 0 spiro atoms. The van der Waals surface area contributed by atoms with E-state index in [4.69, 9.17) is 0 Å². The molecule has 5 nitrogen and oxygen atoms in total. The highest BCUT2D eigenvalue weighted by atomic mass is 32.1. The minimum absolute atomic E-state index is 0.0391. The molecule has 2 unspecified atom stereocenters. The molecule has 2 amide bonds. The average molecular weight is 310 g/mol. The van der Waals surface area contributed by atoms with Gasteiger partial charge < -0.3 is 15.3 Å². The van der Waals surface area contributed by atoms with Crippen LogP contribution in [0.1, 0.15) is 47.7 Å². The van der Waals surface area contributed by atoms with Gasteiger partial charge in [-0.05, 0) is 38.3 Å². The zero-order valence-electron chi connectivity index (χ0n) is 12.5. The van der Waals surface area contributed by atoms with Crippen LogP contribution in [0.25, 0.3) is 0 Å². The van der Waals surface area contributed by atoms with E-state index in [1.807, 2.05) is 17.0 Å². The minimum Gasteiger partial charge on any atom is -0.393 e. The standard InChI is InChI=1S/C15H22N2O3S/c1-10(18)8-12-4-3-7-17(12)15(20)14-6-5-13(21-14)9-16-11(2)19/h5-6,10,12,18H,3-4,7-9H2,1-2H3,(H,16,19). The summed E-state index contributed by atoms with van der Waals surface area (Å²) >= 11 is 1.42. The number of amides is 2. The Balaban J connectivity index is 2.00. The van der Waals surface area contributed by atoms with Crippen LogP contribution in [0.3, 0.4) is 0 Å². The van der Waals surface area contributed by atoms with Gasteiger partial charge in [-0.25, -0.2) is 0 Å². The number of carbonyl (C=O) groups excluding carboxylic acids is 2. The Kier molecular flexibility index (Phi) is 5.36. The van der Waals surface area contributed by atoms with E-state index in [0.29, 0.717) is 17.8 Å². The van der Waals surface area contributed by atoms with Gasteiger partial charge in [0.25, 0.3) is 5.91 Å². The largest absolute Gasteiger partial charge is 0.393 e. The van der Waals surface area contributed by atoms with E-state index in [-0.39, 0.29) is 24.0 Å². The topological polar surface area (TPSA) is 69.6 Å².